The molecule has 1 unspecified atom stereocenters. The van der Waals surface area contributed by atoms with Crippen LogP contribution in [0.2, 0.25) is 0 Å². The van der Waals surface area contributed by atoms with Crippen LogP contribution in [0.15, 0.2) is 57.1 Å². The fraction of sp³-hybridized carbons (Fsp3) is 0.462. The molecule has 3 rings (SSSR count). The zero-order chi connectivity index (χ0) is 23.8. The lowest BCUT2D eigenvalue weighted by Gasteiger charge is -2.26. The summed E-state index contributed by atoms with van der Waals surface area (Å²) < 4.78 is 6.46. The highest BCUT2D eigenvalue weighted by molar-refractivity contribution is 9.10. The predicted octanol–water partition coefficient (Wildman–Crippen LogP) is 5.76. The number of aliphatic hydroxyl groups is 1. The molecule has 1 aromatic heterocycles. The summed E-state index contributed by atoms with van der Waals surface area (Å²) in [4.78, 5) is 30.0. The lowest BCUT2D eigenvalue weighted by molar-refractivity contribution is -0.140. The molecule has 1 fully saturated rings. The van der Waals surface area contributed by atoms with Crippen LogP contribution in [0.3, 0.4) is 0 Å². The topological polar surface area (TPSA) is 74.0 Å². The lowest BCUT2D eigenvalue weighted by atomic mass is 9.99. The molecule has 0 spiro atoms. The van der Waals surface area contributed by atoms with Gasteiger partial charge in [0.15, 0.2) is 0 Å². The molecule has 178 valence electrons. The number of ketones is 1. The SMILES string of the molecule is CCCCN(CCCC)CCCN1C(=O)C(=O)C(=C(O)c2ccc(Br)cc2)C1c1ccco1. The van der Waals surface area contributed by atoms with E-state index in [0.29, 0.717) is 17.9 Å². The Balaban J connectivity index is 1.83. The number of halogens is 1. The van der Waals surface area contributed by atoms with E-state index in [1.165, 1.54) is 6.26 Å². The number of Topliss-reactive ketones (excluding diaryl/α,β-unsaturated/α-hetero) is 1. The highest BCUT2D eigenvalue weighted by Crippen LogP contribution is 2.39. The quantitative estimate of drug-likeness (QED) is 0.220. The first kappa shape index (κ1) is 25.2. The van der Waals surface area contributed by atoms with Gasteiger partial charge in [0.05, 0.1) is 11.8 Å². The molecule has 1 aromatic carbocycles. The number of rotatable bonds is 12. The Morgan fingerprint density at radius 2 is 1.67 bits per heavy atom. The number of furan rings is 1. The van der Waals surface area contributed by atoms with Crippen molar-refractivity contribution in [1.29, 1.82) is 0 Å². The lowest BCUT2D eigenvalue weighted by Crippen LogP contribution is -2.34. The average molecular weight is 517 g/mol. The Kier molecular flexibility index (Phi) is 9.32. The van der Waals surface area contributed by atoms with Gasteiger partial charge < -0.3 is 19.3 Å². The number of carbonyl (C=O) groups is 2. The third kappa shape index (κ3) is 6.15. The molecule has 0 aliphatic carbocycles. The summed E-state index contributed by atoms with van der Waals surface area (Å²) in [6.45, 7) is 7.74. The van der Waals surface area contributed by atoms with E-state index in [0.717, 1.165) is 56.2 Å². The molecule has 2 heterocycles. The number of nitrogens with zero attached hydrogens (tertiary/aromatic N) is 2. The first-order valence-electron chi connectivity index (χ1n) is 11.8. The summed E-state index contributed by atoms with van der Waals surface area (Å²) >= 11 is 3.38. The summed E-state index contributed by atoms with van der Waals surface area (Å²) in [7, 11) is 0. The number of carbonyl (C=O) groups excluding carboxylic acids is 2. The first-order chi connectivity index (χ1) is 16.0. The van der Waals surface area contributed by atoms with E-state index in [4.69, 9.17) is 4.42 Å². The van der Waals surface area contributed by atoms with Crippen molar-refractivity contribution in [3.8, 4) is 0 Å². The van der Waals surface area contributed by atoms with Crippen LogP contribution in [-0.4, -0.2) is 52.8 Å². The number of hydrogen-bond donors (Lipinski definition) is 1. The van der Waals surface area contributed by atoms with Crippen molar-refractivity contribution in [3.05, 3.63) is 64.0 Å². The fourth-order valence-electron chi connectivity index (χ4n) is 4.18. The van der Waals surface area contributed by atoms with Gasteiger partial charge in [0, 0.05) is 16.6 Å². The van der Waals surface area contributed by atoms with Crippen LogP contribution >= 0.6 is 15.9 Å². The maximum Gasteiger partial charge on any atom is 0.295 e. The number of aliphatic hydroxyl groups excluding tert-OH is 1. The predicted molar refractivity (Wildman–Crippen MR) is 133 cm³/mol. The summed E-state index contributed by atoms with van der Waals surface area (Å²) in [6, 6.07) is 9.74. The van der Waals surface area contributed by atoms with Crippen molar-refractivity contribution < 1.29 is 19.1 Å². The van der Waals surface area contributed by atoms with Crippen molar-refractivity contribution in [2.75, 3.05) is 26.2 Å². The Hall–Kier alpha value is -2.38. The molecule has 33 heavy (non-hydrogen) atoms. The number of benzene rings is 1. The van der Waals surface area contributed by atoms with Gasteiger partial charge in [-0.25, -0.2) is 0 Å². The smallest absolute Gasteiger partial charge is 0.295 e. The molecule has 6 nitrogen and oxygen atoms in total. The molecule has 1 amide bonds. The van der Waals surface area contributed by atoms with Gasteiger partial charge in [-0.15, -0.1) is 0 Å². The van der Waals surface area contributed by atoms with Gasteiger partial charge in [0.2, 0.25) is 0 Å². The molecule has 0 radical (unpaired) electrons. The minimum absolute atomic E-state index is 0.0751. The van der Waals surface area contributed by atoms with Crippen LogP contribution in [0.25, 0.3) is 5.76 Å². The zero-order valence-corrected chi connectivity index (χ0v) is 21.0. The molecule has 1 N–H and O–H groups in total. The molecule has 7 heteroatoms. The van der Waals surface area contributed by atoms with Crippen LogP contribution in [0, 0.1) is 0 Å². The van der Waals surface area contributed by atoms with Gasteiger partial charge in [-0.3, -0.25) is 9.59 Å². The van der Waals surface area contributed by atoms with Crippen LogP contribution in [-0.2, 0) is 9.59 Å². The normalized spacial score (nSPS) is 17.9. The van der Waals surface area contributed by atoms with E-state index in [-0.39, 0.29) is 11.3 Å². The van der Waals surface area contributed by atoms with E-state index in [2.05, 4.69) is 34.7 Å². The van der Waals surface area contributed by atoms with Crippen molar-refractivity contribution in [3.63, 3.8) is 0 Å². The second-order valence-electron chi connectivity index (χ2n) is 8.42. The molecular weight excluding hydrogens is 484 g/mol. The highest BCUT2D eigenvalue weighted by atomic mass is 79.9. The van der Waals surface area contributed by atoms with E-state index in [1.54, 1.807) is 41.3 Å². The van der Waals surface area contributed by atoms with Gasteiger partial charge in [-0.1, -0.05) is 54.8 Å². The monoisotopic (exact) mass is 516 g/mol. The van der Waals surface area contributed by atoms with Crippen LogP contribution in [0.1, 0.15) is 63.3 Å². The van der Waals surface area contributed by atoms with Crippen LogP contribution in [0.5, 0.6) is 0 Å². The Morgan fingerprint density at radius 3 is 2.24 bits per heavy atom. The highest BCUT2D eigenvalue weighted by Gasteiger charge is 2.47. The van der Waals surface area contributed by atoms with Crippen LogP contribution < -0.4 is 0 Å². The number of hydrogen-bond acceptors (Lipinski definition) is 5. The Morgan fingerprint density at radius 1 is 1.03 bits per heavy atom. The van der Waals surface area contributed by atoms with E-state index in [9.17, 15) is 14.7 Å². The van der Waals surface area contributed by atoms with Crippen molar-refractivity contribution in [1.82, 2.24) is 9.80 Å². The molecule has 2 aromatic rings. The third-order valence-electron chi connectivity index (χ3n) is 6.00. The van der Waals surface area contributed by atoms with Crippen molar-refractivity contribution >= 4 is 33.4 Å². The average Bonchev–Trinajstić information content (AvgIpc) is 3.43. The maximum absolute atomic E-state index is 13.0. The maximum atomic E-state index is 13.0. The first-order valence-corrected chi connectivity index (χ1v) is 12.6. The van der Waals surface area contributed by atoms with E-state index in [1.807, 2.05) is 0 Å². The Labute approximate surface area is 204 Å². The van der Waals surface area contributed by atoms with Crippen LogP contribution in [0.4, 0.5) is 0 Å². The second kappa shape index (κ2) is 12.2. The summed E-state index contributed by atoms with van der Waals surface area (Å²) in [6.07, 6.45) is 6.85. The molecular formula is C26H33BrN2O4. The zero-order valence-electron chi connectivity index (χ0n) is 19.4. The van der Waals surface area contributed by atoms with Crippen molar-refractivity contribution in [2.24, 2.45) is 0 Å². The Bertz CT molecular complexity index is 945. The number of amides is 1. The molecule has 1 aliphatic rings. The molecule has 1 atom stereocenters. The van der Waals surface area contributed by atoms with E-state index < -0.39 is 17.7 Å². The summed E-state index contributed by atoms with van der Waals surface area (Å²) in [5.41, 5.74) is 0.559. The van der Waals surface area contributed by atoms with Gasteiger partial charge in [0.1, 0.15) is 17.6 Å². The second-order valence-corrected chi connectivity index (χ2v) is 9.33. The van der Waals surface area contributed by atoms with Gasteiger partial charge in [-0.2, -0.15) is 0 Å². The minimum Gasteiger partial charge on any atom is -0.507 e. The number of likely N-dealkylation sites (tertiary alicyclic amines) is 1. The van der Waals surface area contributed by atoms with Crippen molar-refractivity contribution in [2.45, 2.75) is 52.0 Å². The van der Waals surface area contributed by atoms with Gasteiger partial charge >= 0.3 is 0 Å². The molecule has 1 aliphatic heterocycles. The van der Waals surface area contributed by atoms with Gasteiger partial charge in [0.25, 0.3) is 11.7 Å². The minimum atomic E-state index is -0.733. The van der Waals surface area contributed by atoms with E-state index >= 15 is 0 Å². The molecule has 0 bridgehead atoms. The standard InChI is InChI=1S/C26H33BrN2O4/c1-3-5-14-28(15-6-4-2)16-8-17-29-23(21-9-7-18-33-21)22(25(31)26(29)32)24(30)19-10-12-20(27)13-11-19/h7,9-13,18,23,30H,3-6,8,14-17H2,1-2H3. The number of unbranched alkanes of at least 4 members (excludes halogenated alkanes) is 2. The van der Waals surface area contributed by atoms with Gasteiger partial charge in [-0.05, 0) is 63.2 Å². The summed E-state index contributed by atoms with van der Waals surface area (Å²) in [5, 5.41) is 11.0. The summed E-state index contributed by atoms with van der Waals surface area (Å²) in [5.74, 6) is -0.978. The molecule has 1 saturated heterocycles. The largest absolute Gasteiger partial charge is 0.507 e. The molecule has 0 saturated carbocycles. The fourth-order valence-corrected chi connectivity index (χ4v) is 4.44. The third-order valence-corrected chi connectivity index (χ3v) is 6.53.